The fraction of sp³-hybridized carbons (Fsp3) is 0.429. The summed E-state index contributed by atoms with van der Waals surface area (Å²) in [5.74, 6) is 0.699. The molecule has 102 valence electrons. The van der Waals surface area contributed by atoms with Gasteiger partial charge >= 0.3 is 0 Å². The van der Waals surface area contributed by atoms with E-state index in [1.54, 1.807) is 0 Å². The van der Waals surface area contributed by atoms with Crippen molar-refractivity contribution in [1.82, 2.24) is 4.90 Å². The topological polar surface area (TPSA) is 46.6 Å². The van der Waals surface area contributed by atoms with Gasteiger partial charge in [-0.2, -0.15) is 0 Å². The molecule has 4 nitrogen and oxygen atoms in total. The smallest absolute Gasteiger partial charge is 0.289 e. The van der Waals surface area contributed by atoms with E-state index in [9.17, 15) is 9.59 Å². The molecule has 0 radical (unpaired) electrons. The highest BCUT2D eigenvalue weighted by atomic mass is 32.2. The molecular weight excluding hydrogens is 262 g/mol. The maximum Gasteiger partial charge on any atom is 0.289 e. The third kappa shape index (κ3) is 2.92. The van der Waals surface area contributed by atoms with Gasteiger partial charge in [-0.3, -0.25) is 14.5 Å². The van der Waals surface area contributed by atoms with Crippen molar-refractivity contribution in [3.05, 3.63) is 29.8 Å². The van der Waals surface area contributed by atoms with E-state index in [1.165, 1.54) is 4.90 Å². The average molecular weight is 279 g/mol. The molecule has 0 N–H and O–H groups in total. The molecule has 0 saturated carbocycles. The Morgan fingerprint density at radius 2 is 2.00 bits per heavy atom. The van der Waals surface area contributed by atoms with Gasteiger partial charge in [0.1, 0.15) is 5.75 Å². The number of para-hydroxylation sites is 1. The van der Waals surface area contributed by atoms with E-state index in [0.29, 0.717) is 19.6 Å². The minimum atomic E-state index is -0.325. The Morgan fingerprint density at radius 3 is 2.63 bits per heavy atom. The van der Waals surface area contributed by atoms with E-state index in [4.69, 9.17) is 4.74 Å². The molecule has 0 bridgehead atoms. The van der Waals surface area contributed by atoms with E-state index in [0.717, 1.165) is 23.1 Å². The molecule has 1 aromatic rings. The summed E-state index contributed by atoms with van der Waals surface area (Å²) in [6, 6.07) is 7.66. The fourth-order valence-electron chi connectivity index (χ4n) is 2.08. The lowest BCUT2D eigenvalue weighted by molar-refractivity contribution is -0.126. The van der Waals surface area contributed by atoms with Crippen LogP contribution in [0.5, 0.6) is 5.75 Å². The summed E-state index contributed by atoms with van der Waals surface area (Å²) >= 11 is 1.11. The van der Waals surface area contributed by atoms with E-state index in [2.05, 4.69) is 0 Å². The Kier molecular flexibility index (Phi) is 4.47. The monoisotopic (exact) mass is 279 g/mol. The molecular formula is C14H17NO3S. The third-order valence-corrected chi connectivity index (χ3v) is 4.07. The summed E-state index contributed by atoms with van der Waals surface area (Å²) in [6.45, 7) is 4.76. The van der Waals surface area contributed by atoms with E-state index in [1.807, 2.05) is 38.1 Å². The Hall–Kier alpha value is -1.49. The van der Waals surface area contributed by atoms with Crippen molar-refractivity contribution in [1.29, 1.82) is 0 Å². The Labute approximate surface area is 117 Å². The summed E-state index contributed by atoms with van der Waals surface area (Å²) in [7, 11) is 0. The van der Waals surface area contributed by atoms with Gasteiger partial charge in [-0.15, -0.1) is 0 Å². The lowest BCUT2D eigenvalue weighted by atomic mass is 10.1. The number of ether oxygens (including phenoxy) is 1. The quantitative estimate of drug-likeness (QED) is 0.831. The zero-order valence-electron chi connectivity index (χ0n) is 11.1. The van der Waals surface area contributed by atoms with Gasteiger partial charge in [0.05, 0.1) is 11.9 Å². The SMILES string of the molecule is CCOc1ccccc1C[C@@H]1SC(=O)N(CC)C1=O. The highest BCUT2D eigenvalue weighted by molar-refractivity contribution is 8.15. The lowest BCUT2D eigenvalue weighted by Crippen LogP contribution is -2.31. The number of benzene rings is 1. The molecule has 2 amide bonds. The molecule has 1 aliphatic rings. The molecule has 1 aliphatic heterocycles. The van der Waals surface area contributed by atoms with Crippen molar-refractivity contribution >= 4 is 22.9 Å². The van der Waals surface area contributed by atoms with Gasteiger partial charge < -0.3 is 4.74 Å². The Balaban J connectivity index is 2.14. The zero-order chi connectivity index (χ0) is 13.8. The second-order valence-corrected chi connectivity index (χ2v) is 5.35. The van der Waals surface area contributed by atoms with Gasteiger partial charge in [-0.25, -0.2) is 0 Å². The maximum absolute atomic E-state index is 12.1. The highest BCUT2D eigenvalue weighted by Crippen LogP contribution is 2.31. The Bertz CT molecular complexity index is 489. The van der Waals surface area contributed by atoms with Crippen LogP contribution in [0.15, 0.2) is 24.3 Å². The van der Waals surface area contributed by atoms with Crippen LogP contribution in [-0.4, -0.2) is 34.4 Å². The van der Waals surface area contributed by atoms with Crippen molar-refractivity contribution in [3.8, 4) is 5.75 Å². The van der Waals surface area contributed by atoms with Crippen molar-refractivity contribution in [2.24, 2.45) is 0 Å². The number of amides is 2. The second-order valence-electron chi connectivity index (χ2n) is 4.20. The largest absolute Gasteiger partial charge is 0.494 e. The maximum atomic E-state index is 12.1. The Morgan fingerprint density at radius 1 is 1.26 bits per heavy atom. The van der Waals surface area contributed by atoms with Crippen LogP contribution in [0.4, 0.5) is 4.79 Å². The van der Waals surface area contributed by atoms with Crippen LogP contribution >= 0.6 is 11.8 Å². The molecule has 1 atom stereocenters. The highest BCUT2D eigenvalue weighted by Gasteiger charge is 2.38. The number of carbonyl (C=O) groups is 2. The van der Waals surface area contributed by atoms with Crippen molar-refractivity contribution in [3.63, 3.8) is 0 Å². The lowest BCUT2D eigenvalue weighted by Gasteiger charge is -2.13. The number of hydrogen-bond donors (Lipinski definition) is 0. The van der Waals surface area contributed by atoms with E-state index >= 15 is 0 Å². The molecule has 0 aromatic heterocycles. The minimum absolute atomic E-state index is 0.0937. The normalized spacial score (nSPS) is 19.1. The molecule has 5 heteroatoms. The van der Waals surface area contributed by atoms with Gasteiger partial charge in [-0.05, 0) is 31.9 Å². The zero-order valence-corrected chi connectivity index (χ0v) is 11.9. The molecule has 2 rings (SSSR count). The van der Waals surface area contributed by atoms with Crippen molar-refractivity contribution in [2.75, 3.05) is 13.2 Å². The summed E-state index contributed by atoms with van der Waals surface area (Å²) in [4.78, 5) is 25.0. The predicted molar refractivity (Wildman–Crippen MR) is 75.5 cm³/mol. The van der Waals surface area contributed by atoms with Crippen LogP contribution in [0.3, 0.4) is 0 Å². The number of nitrogens with zero attached hydrogens (tertiary/aromatic N) is 1. The first-order valence-corrected chi connectivity index (χ1v) is 7.28. The van der Waals surface area contributed by atoms with Gasteiger partial charge in [0.2, 0.25) is 5.91 Å². The van der Waals surface area contributed by atoms with Gasteiger partial charge in [0.15, 0.2) is 0 Å². The van der Waals surface area contributed by atoms with Gasteiger partial charge in [0.25, 0.3) is 5.24 Å². The second kappa shape index (κ2) is 6.10. The van der Waals surface area contributed by atoms with Crippen LogP contribution in [0, 0.1) is 0 Å². The molecule has 1 fully saturated rings. The van der Waals surface area contributed by atoms with Gasteiger partial charge in [0, 0.05) is 6.54 Å². The van der Waals surface area contributed by atoms with Crippen molar-refractivity contribution in [2.45, 2.75) is 25.5 Å². The van der Waals surface area contributed by atoms with Gasteiger partial charge in [-0.1, -0.05) is 30.0 Å². The van der Waals surface area contributed by atoms with Crippen LogP contribution in [-0.2, 0) is 11.2 Å². The first-order chi connectivity index (χ1) is 9.17. The van der Waals surface area contributed by atoms with E-state index < -0.39 is 0 Å². The summed E-state index contributed by atoms with van der Waals surface area (Å²) < 4.78 is 5.54. The minimum Gasteiger partial charge on any atom is -0.494 e. The molecule has 0 aliphatic carbocycles. The average Bonchev–Trinajstić information content (AvgIpc) is 2.67. The van der Waals surface area contributed by atoms with E-state index in [-0.39, 0.29) is 16.4 Å². The predicted octanol–water partition coefficient (Wildman–Crippen LogP) is 2.71. The van der Waals surface area contributed by atoms with Crippen LogP contribution in [0.25, 0.3) is 0 Å². The summed E-state index contributed by atoms with van der Waals surface area (Å²) in [5, 5.41) is -0.472. The number of imide groups is 1. The van der Waals surface area contributed by atoms with Crippen molar-refractivity contribution < 1.29 is 14.3 Å². The molecule has 1 heterocycles. The molecule has 0 spiro atoms. The number of thioether (sulfide) groups is 1. The van der Waals surface area contributed by atoms with Crippen LogP contribution in [0.2, 0.25) is 0 Å². The third-order valence-electron chi connectivity index (χ3n) is 3.00. The first kappa shape index (κ1) is 13.9. The number of rotatable bonds is 5. The van der Waals surface area contributed by atoms with Crippen LogP contribution in [0.1, 0.15) is 19.4 Å². The fourth-order valence-corrected chi connectivity index (χ4v) is 3.16. The summed E-state index contributed by atoms with van der Waals surface area (Å²) in [5.41, 5.74) is 0.973. The van der Waals surface area contributed by atoms with Crippen LogP contribution < -0.4 is 4.74 Å². The number of hydrogen-bond acceptors (Lipinski definition) is 4. The standard InChI is InChI=1S/C14H17NO3S/c1-3-15-13(16)12(19-14(15)17)9-10-7-5-6-8-11(10)18-4-2/h5-8,12H,3-4,9H2,1-2H3/t12-/m0/s1. The number of carbonyl (C=O) groups excluding carboxylic acids is 2. The summed E-state index contributed by atoms with van der Waals surface area (Å²) in [6.07, 6.45) is 0.530. The first-order valence-electron chi connectivity index (χ1n) is 6.40. The molecule has 19 heavy (non-hydrogen) atoms. The molecule has 1 saturated heterocycles. The molecule has 1 aromatic carbocycles. The molecule has 0 unspecified atom stereocenters.